The van der Waals surface area contributed by atoms with Gasteiger partial charge >= 0.3 is 0 Å². The van der Waals surface area contributed by atoms with Gasteiger partial charge in [0.1, 0.15) is 5.82 Å². The Kier molecular flexibility index (Phi) is 1.55. The average Bonchev–Trinajstić information content (AvgIpc) is 2.35. The molecule has 68 valence electrons. The van der Waals surface area contributed by atoms with E-state index in [1.54, 1.807) is 6.34 Å². The fourth-order valence-corrected chi connectivity index (χ4v) is 1.67. The second-order valence-electron chi connectivity index (χ2n) is 3.42. The Labute approximate surface area is 78.0 Å². The summed E-state index contributed by atoms with van der Waals surface area (Å²) in [6.07, 6.45) is 3.87. The van der Waals surface area contributed by atoms with Gasteiger partial charge in [-0.2, -0.15) is 0 Å². The molecule has 3 nitrogen and oxygen atoms in total. The number of hydrogen-bond donors (Lipinski definition) is 0. The summed E-state index contributed by atoms with van der Waals surface area (Å²) in [5.74, 6) is 1.00. The first-order valence-electron chi connectivity index (χ1n) is 4.23. The van der Waals surface area contributed by atoms with Gasteiger partial charge in [-0.05, 0) is 12.5 Å². The first-order chi connectivity index (χ1) is 6.11. The van der Waals surface area contributed by atoms with Crippen molar-refractivity contribution in [1.29, 1.82) is 0 Å². The van der Waals surface area contributed by atoms with Crippen molar-refractivity contribution < 1.29 is 0 Å². The maximum Gasteiger partial charge on any atom is 0.143 e. The lowest BCUT2D eigenvalue weighted by Gasteiger charge is -2.21. The van der Waals surface area contributed by atoms with E-state index in [9.17, 15) is 0 Å². The van der Waals surface area contributed by atoms with Crippen molar-refractivity contribution in [2.75, 3.05) is 7.05 Å². The molecule has 0 amide bonds. The molecule has 0 aromatic carbocycles. The third-order valence-electron chi connectivity index (χ3n) is 2.41. The van der Waals surface area contributed by atoms with Crippen LogP contribution in [0.4, 0.5) is 5.82 Å². The summed E-state index contributed by atoms with van der Waals surface area (Å²) >= 11 is 0. The van der Waals surface area contributed by atoms with Gasteiger partial charge in [-0.1, -0.05) is 6.58 Å². The maximum atomic E-state index is 4.35. The molecule has 3 heteroatoms. The minimum atomic E-state index is 1.00. The summed E-state index contributed by atoms with van der Waals surface area (Å²) in [4.78, 5) is 6.29. The quantitative estimate of drug-likeness (QED) is 0.590. The zero-order valence-electron chi connectivity index (χ0n) is 8.20. The molecule has 0 bridgehead atoms. The molecular weight excluding hydrogens is 162 g/mol. The van der Waals surface area contributed by atoms with Gasteiger partial charge in [-0.3, -0.25) is 0 Å². The van der Waals surface area contributed by atoms with E-state index in [4.69, 9.17) is 0 Å². The van der Waals surface area contributed by atoms with Crippen LogP contribution in [0.2, 0.25) is 0 Å². The third-order valence-corrected chi connectivity index (χ3v) is 2.41. The molecule has 0 unspecified atom stereocenters. The van der Waals surface area contributed by atoms with Crippen LogP contribution in [0.25, 0.3) is 5.70 Å². The Morgan fingerprint density at radius 3 is 2.77 bits per heavy atom. The van der Waals surface area contributed by atoms with Crippen LogP contribution >= 0.6 is 0 Å². The van der Waals surface area contributed by atoms with E-state index < -0.39 is 0 Å². The molecule has 0 atom stereocenters. The zero-order valence-corrected chi connectivity index (χ0v) is 8.20. The number of aromatic nitrogens is 1. The van der Waals surface area contributed by atoms with Gasteiger partial charge in [-0.15, -0.1) is 0 Å². The van der Waals surface area contributed by atoms with E-state index >= 15 is 0 Å². The van der Waals surface area contributed by atoms with Crippen molar-refractivity contribution in [1.82, 2.24) is 9.47 Å². The largest absolute Gasteiger partial charge is 0.335 e. The Bertz CT molecular complexity index is 399. The van der Waals surface area contributed by atoms with Crippen LogP contribution in [0, 0.1) is 6.92 Å². The molecule has 0 saturated carbocycles. The number of nitrogens with zero attached hydrogens (tertiary/aromatic N) is 3. The van der Waals surface area contributed by atoms with Gasteiger partial charge in [0.05, 0.1) is 6.34 Å². The predicted octanol–water partition coefficient (Wildman–Crippen LogP) is 1.91. The molecule has 0 aliphatic carbocycles. The molecule has 1 aromatic rings. The fourth-order valence-electron chi connectivity index (χ4n) is 1.67. The van der Waals surface area contributed by atoms with E-state index in [0.717, 1.165) is 17.1 Å². The highest BCUT2D eigenvalue weighted by atomic mass is 15.2. The van der Waals surface area contributed by atoms with Gasteiger partial charge in [0.25, 0.3) is 0 Å². The van der Waals surface area contributed by atoms with Crippen LogP contribution in [-0.4, -0.2) is 22.9 Å². The summed E-state index contributed by atoms with van der Waals surface area (Å²) in [7, 11) is 3.96. The molecule has 0 saturated heterocycles. The van der Waals surface area contributed by atoms with Crippen molar-refractivity contribution in [2.24, 2.45) is 12.0 Å². The van der Waals surface area contributed by atoms with Crippen LogP contribution in [0.15, 0.2) is 17.8 Å². The molecule has 2 heterocycles. The first kappa shape index (κ1) is 8.10. The highest BCUT2D eigenvalue weighted by molar-refractivity contribution is 5.86. The monoisotopic (exact) mass is 175 g/mol. The van der Waals surface area contributed by atoms with Crippen molar-refractivity contribution in [3.8, 4) is 0 Å². The number of aryl methyl sites for hydroxylation is 2. The molecule has 2 rings (SSSR count). The summed E-state index contributed by atoms with van der Waals surface area (Å²) in [6, 6.07) is 0. The van der Waals surface area contributed by atoms with Crippen LogP contribution < -0.4 is 0 Å². The van der Waals surface area contributed by atoms with Gasteiger partial charge in [-0.25, -0.2) is 4.99 Å². The fraction of sp³-hybridized carbons (Fsp3) is 0.300. The molecule has 0 radical (unpaired) electrons. The zero-order chi connectivity index (χ0) is 9.59. The van der Waals surface area contributed by atoms with Crippen LogP contribution in [0.5, 0.6) is 0 Å². The lowest BCUT2D eigenvalue weighted by atomic mass is 10.1. The second kappa shape index (κ2) is 2.49. The topological polar surface area (TPSA) is 20.5 Å². The van der Waals surface area contributed by atoms with Gasteiger partial charge < -0.3 is 9.47 Å². The van der Waals surface area contributed by atoms with Gasteiger partial charge in [0.2, 0.25) is 0 Å². The van der Waals surface area contributed by atoms with Gasteiger partial charge in [0, 0.05) is 31.6 Å². The molecule has 13 heavy (non-hydrogen) atoms. The first-order valence-corrected chi connectivity index (χ1v) is 4.23. The lowest BCUT2D eigenvalue weighted by molar-refractivity contribution is 0.731. The summed E-state index contributed by atoms with van der Waals surface area (Å²) in [5, 5.41) is 0. The van der Waals surface area contributed by atoms with Crippen LogP contribution in [0.1, 0.15) is 11.1 Å². The Morgan fingerprint density at radius 1 is 1.38 bits per heavy atom. The Balaban J connectivity index is 2.68. The smallest absolute Gasteiger partial charge is 0.143 e. The molecule has 0 N–H and O–H groups in total. The normalized spacial score (nSPS) is 15.0. The summed E-state index contributed by atoms with van der Waals surface area (Å²) in [5.41, 5.74) is 3.40. The highest BCUT2D eigenvalue weighted by Crippen LogP contribution is 2.33. The van der Waals surface area contributed by atoms with E-state index in [0.29, 0.717) is 0 Å². The lowest BCUT2D eigenvalue weighted by Crippen LogP contribution is -2.16. The Hall–Kier alpha value is -1.51. The van der Waals surface area contributed by atoms with E-state index in [2.05, 4.69) is 24.7 Å². The molecule has 0 spiro atoms. The number of hydrogen-bond acceptors (Lipinski definition) is 2. The molecule has 1 aliphatic rings. The molecule has 1 aliphatic heterocycles. The molecule has 1 aromatic heterocycles. The van der Waals surface area contributed by atoms with Crippen molar-refractivity contribution in [3.05, 3.63) is 23.9 Å². The van der Waals surface area contributed by atoms with Crippen molar-refractivity contribution in [3.63, 3.8) is 0 Å². The number of rotatable bonds is 0. The van der Waals surface area contributed by atoms with Crippen molar-refractivity contribution in [2.45, 2.75) is 6.92 Å². The molecular formula is C10H13N3. The highest BCUT2D eigenvalue weighted by Gasteiger charge is 2.18. The van der Waals surface area contributed by atoms with E-state index in [-0.39, 0.29) is 0 Å². The predicted molar refractivity (Wildman–Crippen MR) is 55.1 cm³/mol. The van der Waals surface area contributed by atoms with Crippen LogP contribution in [0.3, 0.4) is 0 Å². The minimum Gasteiger partial charge on any atom is -0.335 e. The Morgan fingerprint density at radius 2 is 2.08 bits per heavy atom. The summed E-state index contributed by atoms with van der Waals surface area (Å²) in [6.45, 7) is 6.11. The van der Waals surface area contributed by atoms with Gasteiger partial charge in [0.15, 0.2) is 0 Å². The van der Waals surface area contributed by atoms with E-state index in [1.165, 1.54) is 5.56 Å². The third kappa shape index (κ3) is 1.00. The van der Waals surface area contributed by atoms with Crippen molar-refractivity contribution >= 4 is 17.9 Å². The SMILES string of the molecule is C=C1c2c(C)cn(C)c2N=CN1C. The van der Waals surface area contributed by atoms with Crippen LogP contribution in [-0.2, 0) is 7.05 Å². The standard InChI is InChI=1S/C10H13N3/c1-7-5-12(3)10-9(7)8(2)13(4)6-11-10/h5-6H,2H2,1,3-4H3. The van der Waals surface area contributed by atoms with E-state index in [1.807, 2.05) is 23.6 Å². The second-order valence-corrected chi connectivity index (χ2v) is 3.42. The summed E-state index contributed by atoms with van der Waals surface area (Å²) < 4.78 is 2.03. The number of aliphatic imine (C=N–C) groups is 1. The number of fused-ring (bicyclic) bond motifs is 1. The molecule has 0 fully saturated rings. The maximum absolute atomic E-state index is 4.35. The minimum absolute atomic E-state index is 1.00. The average molecular weight is 175 g/mol.